The highest BCUT2D eigenvalue weighted by Crippen LogP contribution is 2.49. The second-order valence-electron chi connectivity index (χ2n) is 5.72. The average molecular weight is 255 g/mol. The van der Waals surface area contributed by atoms with Gasteiger partial charge in [-0.15, -0.1) is 0 Å². The zero-order valence-corrected chi connectivity index (χ0v) is 11.3. The minimum Gasteiger partial charge on any atom is -0.495 e. The summed E-state index contributed by atoms with van der Waals surface area (Å²) in [7, 11) is 1.59. The van der Waals surface area contributed by atoms with Gasteiger partial charge in [-0.2, -0.15) is 0 Å². The van der Waals surface area contributed by atoms with E-state index in [0.29, 0.717) is 10.8 Å². The predicted octanol–water partition coefficient (Wildman–Crippen LogP) is 3.75. The summed E-state index contributed by atoms with van der Waals surface area (Å²) in [5.74, 6) is 0.627. The normalized spacial score (nSPS) is 27.1. The highest BCUT2D eigenvalue weighted by atomic mass is 35.5. The van der Waals surface area contributed by atoms with E-state index in [0.717, 1.165) is 24.8 Å². The lowest BCUT2D eigenvalue weighted by atomic mass is 9.86. The quantitative estimate of drug-likeness (QED) is 0.871. The maximum absolute atomic E-state index is 10.7. The van der Waals surface area contributed by atoms with Crippen LogP contribution in [0.2, 0.25) is 5.02 Å². The first-order valence-corrected chi connectivity index (χ1v) is 6.31. The summed E-state index contributed by atoms with van der Waals surface area (Å²) in [6.07, 6.45) is 2.62. The second kappa shape index (κ2) is 4.18. The molecule has 2 nitrogen and oxygen atoms in total. The molecule has 1 aromatic carbocycles. The Kier molecular flexibility index (Phi) is 3.13. The fourth-order valence-corrected chi connectivity index (χ4v) is 2.90. The molecule has 1 saturated carbocycles. The molecule has 1 aliphatic carbocycles. The Labute approximate surface area is 108 Å². The van der Waals surface area contributed by atoms with Gasteiger partial charge >= 0.3 is 0 Å². The van der Waals surface area contributed by atoms with Crippen LogP contribution in [0.4, 0.5) is 0 Å². The minimum absolute atomic E-state index is 0.196. The third-order valence-corrected chi connectivity index (χ3v) is 3.99. The predicted molar refractivity (Wildman–Crippen MR) is 69.5 cm³/mol. The van der Waals surface area contributed by atoms with Crippen molar-refractivity contribution >= 4 is 11.6 Å². The van der Waals surface area contributed by atoms with E-state index in [2.05, 4.69) is 13.8 Å². The summed E-state index contributed by atoms with van der Waals surface area (Å²) in [5, 5.41) is 11.3. The van der Waals surface area contributed by atoms with E-state index < -0.39 is 5.60 Å². The van der Waals surface area contributed by atoms with Gasteiger partial charge in [-0.3, -0.25) is 0 Å². The molecule has 1 unspecified atom stereocenters. The fourth-order valence-electron chi connectivity index (χ4n) is 2.71. The summed E-state index contributed by atoms with van der Waals surface area (Å²) in [6.45, 7) is 4.39. The van der Waals surface area contributed by atoms with Crippen molar-refractivity contribution in [1.82, 2.24) is 0 Å². The van der Waals surface area contributed by atoms with Gasteiger partial charge in [0.1, 0.15) is 5.75 Å². The number of rotatable bonds is 2. The average Bonchev–Trinajstić information content (AvgIpc) is 2.55. The Bertz CT molecular complexity index is 428. The van der Waals surface area contributed by atoms with Gasteiger partial charge < -0.3 is 9.84 Å². The monoisotopic (exact) mass is 254 g/mol. The van der Waals surface area contributed by atoms with Crippen molar-refractivity contribution in [3.8, 4) is 5.75 Å². The lowest BCUT2D eigenvalue weighted by Gasteiger charge is -2.26. The van der Waals surface area contributed by atoms with E-state index in [1.165, 1.54) is 0 Å². The number of hydrogen-bond donors (Lipinski definition) is 1. The smallest absolute Gasteiger partial charge is 0.137 e. The summed E-state index contributed by atoms with van der Waals surface area (Å²) in [5.41, 5.74) is 0.368. The van der Waals surface area contributed by atoms with Crippen LogP contribution < -0.4 is 4.74 Å². The molecule has 94 valence electrons. The lowest BCUT2D eigenvalue weighted by Crippen LogP contribution is -2.23. The number of aliphatic hydroxyl groups is 1. The molecule has 0 amide bonds. The third kappa shape index (κ3) is 2.43. The van der Waals surface area contributed by atoms with Crippen LogP contribution in [-0.4, -0.2) is 12.2 Å². The minimum atomic E-state index is -0.735. The van der Waals surface area contributed by atoms with Gasteiger partial charge in [0.25, 0.3) is 0 Å². The van der Waals surface area contributed by atoms with Crippen LogP contribution in [0.3, 0.4) is 0 Å². The van der Waals surface area contributed by atoms with E-state index in [4.69, 9.17) is 16.3 Å². The highest BCUT2D eigenvalue weighted by Gasteiger charge is 2.43. The van der Waals surface area contributed by atoms with E-state index in [1.54, 1.807) is 13.2 Å². The van der Waals surface area contributed by atoms with Crippen molar-refractivity contribution in [2.24, 2.45) is 5.41 Å². The van der Waals surface area contributed by atoms with Crippen molar-refractivity contribution in [3.63, 3.8) is 0 Å². The molecule has 0 spiro atoms. The molecule has 1 aliphatic rings. The number of halogens is 1. The van der Waals surface area contributed by atoms with E-state index in [1.807, 2.05) is 12.1 Å². The van der Waals surface area contributed by atoms with Crippen LogP contribution in [0.5, 0.6) is 5.75 Å². The van der Waals surface area contributed by atoms with Gasteiger partial charge in [-0.05, 0) is 42.4 Å². The van der Waals surface area contributed by atoms with Crippen LogP contribution in [0, 0.1) is 5.41 Å². The Balaban J connectivity index is 2.35. The number of benzene rings is 1. The number of methoxy groups -OCH3 is 1. The largest absolute Gasteiger partial charge is 0.495 e. The molecule has 1 N–H and O–H groups in total. The van der Waals surface area contributed by atoms with Gasteiger partial charge in [-0.1, -0.05) is 31.5 Å². The van der Waals surface area contributed by atoms with E-state index >= 15 is 0 Å². The molecule has 0 bridgehead atoms. The van der Waals surface area contributed by atoms with Crippen molar-refractivity contribution in [1.29, 1.82) is 0 Å². The van der Waals surface area contributed by atoms with Crippen molar-refractivity contribution < 1.29 is 9.84 Å². The third-order valence-electron chi connectivity index (χ3n) is 3.67. The zero-order valence-electron chi connectivity index (χ0n) is 10.6. The number of hydrogen-bond acceptors (Lipinski definition) is 2. The zero-order chi connectivity index (χ0) is 12.7. The molecule has 1 atom stereocenters. The first-order valence-electron chi connectivity index (χ1n) is 5.93. The standard InChI is InChI=1S/C14H19ClO2/c1-13(2)6-7-14(16,9-13)10-4-5-11(15)12(8-10)17-3/h4-5,8,16H,6-7,9H2,1-3H3. The van der Waals surface area contributed by atoms with Crippen molar-refractivity contribution in [3.05, 3.63) is 28.8 Å². The maximum atomic E-state index is 10.7. The SMILES string of the molecule is COc1cc(C2(O)CCC(C)(C)C2)ccc1Cl. The summed E-state index contributed by atoms with van der Waals surface area (Å²) >= 11 is 6.00. The van der Waals surface area contributed by atoms with E-state index in [-0.39, 0.29) is 5.41 Å². The first kappa shape index (κ1) is 12.7. The van der Waals surface area contributed by atoms with Gasteiger partial charge in [0.2, 0.25) is 0 Å². The first-order chi connectivity index (χ1) is 7.86. The highest BCUT2D eigenvalue weighted by molar-refractivity contribution is 6.32. The fraction of sp³-hybridized carbons (Fsp3) is 0.571. The molecular formula is C14H19ClO2. The topological polar surface area (TPSA) is 29.5 Å². The van der Waals surface area contributed by atoms with Gasteiger partial charge in [0.15, 0.2) is 0 Å². The molecule has 0 aliphatic heterocycles. The molecule has 0 heterocycles. The molecular weight excluding hydrogens is 236 g/mol. The molecule has 2 rings (SSSR count). The van der Waals surface area contributed by atoms with Gasteiger partial charge in [0.05, 0.1) is 17.7 Å². The van der Waals surface area contributed by atoms with Gasteiger partial charge in [0, 0.05) is 0 Å². The van der Waals surface area contributed by atoms with E-state index in [9.17, 15) is 5.11 Å². The Morgan fingerprint density at radius 2 is 2.00 bits per heavy atom. The Morgan fingerprint density at radius 3 is 2.53 bits per heavy atom. The molecule has 1 aromatic rings. The van der Waals surface area contributed by atoms with Crippen LogP contribution in [0.1, 0.15) is 38.7 Å². The van der Waals surface area contributed by atoms with Crippen LogP contribution >= 0.6 is 11.6 Å². The molecule has 3 heteroatoms. The lowest BCUT2D eigenvalue weighted by molar-refractivity contribution is 0.0336. The van der Waals surface area contributed by atoms with Crippen LogP contribution in [-0.2, 0) is 5.60 Å². The molecule has 1 fully saturated rings. The van der Waals surface area contributed by atoms with Crippen molar-refractivity contribution in [2.45, 2.75) is 38.7 Å². The van der Waals surface area contributed by atoms with Crippen LogP contribution in [0.25, 0.3) is 0 Å². The Morgan fingerprint density at radius 1 is 1.29 bits per heavy atom. The summed E-state index contributed by atoms with van der Waals surface area (Å²) in [6, 6.07) is 5.54. The molecule has 17 heavy (non-hydrogen) atoms. The summed E-state index contributed by atoms with van der Waals surface area (Å²) in [4.78, 5) is 0. The van der Waals surface area contributed by atoms with Crippen LogP contribution in [0.15, 0.2) is 18.2 Å². The molecule has 0 aromatic heterocycles. The summed E-state index contributed by atoms with van der Waals surface area (Å²) < 4.78 is 5.20. The van der Waals surface area contributed by atoms with Gasteiger partial charge in [-0.25, -0.2) is 0 Å². The second-order valence-corrected chi connectivity index (χ2v) is 6.13. The molecule has 0 radical (unpaired) electrons. The maximum Gasteiger partial charge on any atom is 0.137 e. The molecule has 0 saturated heterocycles. The number of ether oxygens (including phenoxy) is 1. The Hall–Kier alpha value is -0.730. The van der Waals surface area contributed by atoms with Crippen molar-refractivity contribution in [2.75, 3.05) is 7.11 Å².